The van der Waals surface area contributed by atoms with Crippen molar-refractivity contribution in [3.8, 4) is 55.6 Å². The maximum absolute atomic E-state index is 6.60. The van der Waals surface area contributed by atoms with Crippen molar-refractivity contribution in [2.45, 2.75) is 0 Å². The number of anilines is 3. The van der Waals surface area contributed by atoms with Crippen LogP contribution in [0.2, 0.25) is 0 Å². The summed E-state index contributed by atoms with van der Waals surface area (Å²) >= 11 is 0. The van der Waals surface area contributed by atoms with Crippen molar-refractivity contribution in [2.24, 2.45) is 0 Å². The molecule has 0 N–H and O–H groups in total. The molecule has 0 radical (unpaired) electrons. The van der Waals surface area contributed by atoms with Crippen LogP contribution in [-0.2, 0) is 0 Å². The first-order valence-corrected chi connectivity index (χ1v) is 20.5. The van der Waals surface area contributed by atoms with E-state index in [0.717, 1.165) is 55.7 Å². The van der Waals surface area contributed by atoms with Crippen LogP contribution in [-0.4, -0.2) is 0 Å². The number of benzene rings is 10. The first-order chi connectivity index (χ1) is 29.7. The van der Waals surface area contributed by atoms with Crippen LogP contribution in [0.15, 0.2) is 241 Å². The van der Waals surface area contributed by atoms with Crippen molar-refractivity contribution in [3.63, 3.8) is 0 Å². The van der Waals surface area contributed by atoms with Gasteiger partial charge in [0.05, 0.1) is 5.69 Å². The number of nitrogens with zero attached hydrogens (tertiary/aromatic N) is 1. The second-order valence-corrected chi connectivity index (χ2v) is 15.3. The average Bonchev–Trinajstić information content (AvgIpc) is 3.72. The molecule has 0 aliphatic rings. The Labute approximate surface area is 349 Å². The molecule has 11 aromatic rings. The van der Waals surface area contributed by atoms with Gasteiger partial charge in [-0.3, -0.25) is 0 Å². The minimum atomic E-state index is 0.891. The normalized spacial score (nSPS) is 11.3. The molecule has 0 unspecified atom stereocenters. The van der Waals surface area contributed by atoms with Crippen LogP contribution in [0.5, 0.6) is 0 Å². The summed E-state index contributed by atoms with van der Waals surface area (Å²) in [7, 11) is 0. The van der Waals surface area contributed by atoms with Gasteiger partial charge in [-0.05, 0) is 97.7 Å². The molecular weight excluding hydrogens is 727 g/mol. The Bertz CT molecular complexity index is 3280. The molecule has 0 aliphatic carbocycles. The summed E-state index contributed by atoms with van der Waals surface area (Å²) in [6.45, 7) is 0. The Hall–Kier alpha value is -7.94. The maximum Gasteiger partial charge on any atom is 0.143 e. The Morgan fingerprint density at radius 2 is 0.750 bits per heavy atom. The van der Waals surface area contributed by atoms with E-state index in [1.807, 2.05) is 12.1 Å². The van der Waals surface area contributed by atoms with E-state index >= 15 is 0 Å². The zero-order valence-electron chi connectivity index (χ0n) is 32.9. The van der Waals surface area contributed by atoms with Gasteiger partial charge in [0.25, 0.3) is 0 Å². The van der Waals surface area contributed by atoms with Crippen LogP contribution in [0, 0.1) is 0 Å². The summed E-state index contributed by atoms with van der Waals surface area (Å²) in [5, 5.41) is 4.74. The van der Waals surface area contributed by atoms with Crippen molar-refractivity contribution in [1.82, 2.24) is 0 Å². The molecule has 1 aromatic heterocycles. The van der Waals surface area contributed by atoms with Crippen LogP contribution in [0.1, 0.15) is 0 Å². The third-order valence-electron chi connectivity index (χ3n) is 11.7. The number of hydrogen-bond acceptors (Lipinski definition) is 2. The first-order valence-electron chi connectivity index (χ1n) is 20.5. The molecule has 60 heavy (non-hydrogen) atoms. The van der Waals surface area contributed by atoms with Gasteiger partial charge in [0.1, 0.15) is 11.2 Å². The molecular formula is C58H39NO. The molecule has 0 fully saturated rings. The molecule has 0 saturated heterocycles. The molecule has 11 rings (SSSR count). The van der Waals surface area contributed by atoms with E-state index in [0.29, 0.717) is 0 Å². The summed E-state index contributed by atoms with van der Waals surface area (Å²) < 4.78 is 6.60. The van der Waals surface area contributed by atoms with Crippen molar-refractivity contribution in [3.05, 3.63) is 237 Å². The van der Waals surface area contributed by atoms with E-state index in [9.17, 15) is 0 Å². The zero-order chi connectivity index (χ0) is 39.8. The SMILES string of the molecule is c1ccc(-c2ccc(-c3ccc(N(c4ccc(-c5cccc(-c6cccc7ccccc67)c5)cc4)c4ccccc4-c4cccc5c4oc4ccccc45)cc3)cc2)cc1. The van der Waals surface area contributed by atoms with Crippen LogP contribution in [0.4, 0.5) is 17.1 Å². The van der Waals surface area contributed by atoms with Gasteiger partial charge in [-0.15, -0.1) is 0 Å². The number of para-hydroxylation sites is 3. The van der Waals surface area contributed by atoms with E-state index in [-0.39, 0.29) is 0 Å². The lowest BCUT2D eigenvalue weighted by molar-refractivity contribution is 0.670. The monoisotopic (exact) mass is 765 g/mol. The number of fused-ring (bicyclic) bond motifs is 4. The van der Waals surface area contributed by atoms with Crippen LogP contribution in [0.25, 0.3) is 88.3 Å². The van der Waals surface area contributed by atoms with Gasteiger partial charge in [-0.1, -0.05) is 194 Å². The second-order valence-electron chi connectivity index (χ2n) is 15.3. The fourth-order valence-electron chi connectivity index (χ4n) is 8.72. The Morgan fingerprint density at radius 1 is 0.283 bits per heavy atom. The highest BCUT2D eigenvalue weighted by molar-refractivity contribution is 6.11. The summed E-state index contributed by atoms with van der Waals surface area (Å²) in [6, 6.07) is 84.8. The standard InChI is InChI=1S/C58H39NO/c1-2-13-40(14-3-1)41-27-29-42(30-28-41)43-31-35-48(36-32-43)59(56-25-8-6-20-52(56)54-23-12-24-55-53-21-7-9-26-57(53)60-58(54)55)49-37-33-44(34-38-49)46-17-10-18-47(39-46)51-22-11-16-45-15-4-5-19-50(45)51/h1-39H. The van der Waals surface area contributed by atoms with E-state index in [1.165, 1.54) is 49.7 Å². The van der Waals surface area contributed by atoms with E-state index in [1.54, 1.807) is 0 Å². The maximum atomic E-state index is 6.60. The predicted octanol–water partition coefficient (Wildman–Crippen LogP) is 16.5. The van der Waals surface area contributed by atoms with Crippen molar-refractivity contribution < 1.29 is 4.42 Å². The summed E-state index contributed by atoms with van der Waals surface area (Å²) in [4.78, 5) is 2.37. The third-order valence-corrected chi connectivity index (χ3v) is 11.7. The van der Waals surface area contributed by atoms with Gasteiger partial charge in [-0.2, -0.15) is 0 Å². The van der Waals surface area contributed by atoms with E-state index in [4.69, 9.17) is 4.42 Å². The highest BCUT2D eigenvalue weighted by Gasteiger charge is 2.20. The number of rotatable bonds is 8. The smallest absolute Gasteiger partial charge is 0.143 e. The first kappa shape index (κ1) is 35.2. The lowest BCUT2D eigenvalue weighted by Gasteiger charge is -2.28. The molecule has 1 heterocycles. The quantitative estimate of drug-likeness (QED) is 0.153. The van der Waals surface area contributed by atoms with Gasteiger partial charge in [-0.25, -0.2) is 0 Å². The molecule has 2 nitrogen and oxygen atoms in total. The van der Waals surface area contributed by atoms with E-state index < -0.39 is 0 Å². The lowest BCUT2D eigenvalue weighted by atomic mass is 9.95. The zero-order valence-corrected chi connectivity index (χ0v) is 32.9. The molecule has 0 aliphatic heterocycles. The molecule has 0 spiro atoms. The van der Waals surface area contributed by atoms with Gasteiger partial charge >= 0.3 is 0 Å². The average molecular weight is 766 g/mol. The summed E-state index contributed by atoms with van der Waals surface area (Å²) in [6.07, 6.45) is 0. The number of hydrogen-bond donors (Lipinski definition) is 0. The third kappa shape index (κ3) is 6.41. The molecule has 0 bridgehead atoms. The molecule has 282 valence electrons. The summed E-state index contributed by atoms with van der Waals surface area (Å²) in [5.41, 5.74) is 16.7. The van der Waals surface area contributed by atoms with Crippen LogP contribution < -0.4 is 4.90 Å². The van der Waals surface area contributed by atoms with Crippen LogP contribution in [0.3, 0.4) is 0 Å². The fourth-order valence-corrected chi connectivity index (χ4v) is 8.72. The molecule has 0 atom stereocenters. The highest BCUT2D eigenvalue weighted by atomic mass is 16.3. The predicted molar refractivity (Wildman–Crippen MR) is 253 cm³/mol. The lowest BCUT2D eigenvalue weighted by Crippen LogP contribution is -2.11. The minimum Gasteiger partial charge on any atom is -0.455 e. The molecule has 10 aromatic carbocycles. The van der Waals surface area contributed by atoms with Gasteiger partial charge in [0.15, 0.2) is 0 Å². The Kier molecular flexibility index (Phi) is 8.87. The van der Waals surface area contributed by atoms with E-state index in [2.05, 4.69) is 229 Å². The summed E-state index contributed by atoms with van der Waals surface area (Å²) in [5.74, 6) is 0. The molecule has 2 heteroatoms. The van der Waals surface area contributed by atoms with Gasteiger partial charge < -0.3 is 9.32 Å². The Morgan fingerprint density at radius 3 is 1.50 bits per heavy atom. The van der Waals surface area contributed by atoms with Gasteiger partial charge in [0.2, 0.25) is 0 Å². The van der Waals surface area contributed by atoms with Gasteiger partial charge in [0, 0.05) is 33.3 Å². The van der Waals surface area contributed by atoms with Crippen LogP contribution >= 0.6 is 0 Å². The Balaban J connectivity index is 1.00. The number of furan rings is 1. The second kappa shape index (κ2) is 15.1. The fraction of sp³-hybridized carbons (Fsp3) is 0. The van der Waals surface area contributed by atoms with Crippen molar-refractivity contribution in [1.29, 1.82) is 0 Å². The largest absolute Gasteiger partial charge is 0.455 e. The molecule has 0 saturated carbocycles. The highest BCUT2D eigenvalue weighted by Crippen LogP contribution is 2.45. The molecule has 0 amide bonds. The van der Waals surface area contributed by atoms with Crippen molar-refractivity contribution >= 4 is 49.8 Å². The van der Waals surface area contributed by atoms with Crippen molar-refractivity contribution in [2.75, 3.05) is 4.90 Å². The topological polar surface area (TPSA) is 16.4 Å². The minimum absolute atomic E-state index is 0.891.